The molecule has 8 nitrogen and oxygen atoms in total. The number of hydrogen-bond acceptors (Lipinski definition) is 8. The van der Waals surface area contributed by atoms with Gasteiger partial charge in [-0.15, -0.1) is 0 Å². The maximum absolute atomic E-state index is 12.1. The molecule has 0 aromatic heterocycles. The maximum Gasteiger partial charge on any atom is 0.338 e. The Labute approximate surface area is 182 Å². The maximum atomic E-state index is 12.1. The van der Waals surface area contributed by atoms with Gasteiger partial charge in [-0.25, -0.2) is 9.59 Å². The Bertz CT molecular complexity index is 804. The second kappa shape index (κ2) is 12.3. The second-order valence-corrected chi connectivity index (χ2v) is 6.47. The zero-order valence-electron chi connectivity index (χ0n) is 18.3. The Balaban J connectivity index is 0.00000104. The van der Waals surface area contributed by atoms with Gasteiger partial charge in [0.25, 0.3) is 0 Å². The van der Waals surface area contributed by atoms with Gasteiger partial charge in [0.2, 0.25) is 0 Å². The van der Waals surface area contributed by atoms with E-state index in [1.165, 1.54) is 59.8 Å². The van der Waals surface area contributed by atoms with Gasteiger partial charge >= 0.3 is 11.9 Å². The third-order valence-corrected chi connectivity index (χ3v) is 4.14. The highest BCUT2D eigenvalue weighted by molar-refractivity contribution is 5.91. The van der Waals surface area contributed by atoms with Crippen LogP contribution in [0.25, 0.3) is 0 Å². The number of carbonyl (C=O) groups is 2. The van der Waals surface area contributed by atoms with Crippen molar-refractivity contribution in [1.82, 2.24) is 0 Å². The van der Waals surface area contributed by atoms with Crippen LogP contribution in [0.5, 0.6) is 23.0 Å². The van der Waals surface area contributed by atoms with E-state index in [0.29, 0.717) is 34.1 Å². The molecule has 3 rings (SSSR count). The van der Waals surface area contributed by atoms with Gasteiger partial charge in [-0.1, -0.05) is 19.3 Å². The summed E-state index contributed by atoms with van der Waals surface area (Å²) in [6, 6.07) is 9.34. The van der Waals surface area contributed by atoms with Crippen LogP contribution >= 0.6 is 0 Å². The lowest BCUT2D eigenvalue weighted by Crippen LogP contribution is -2.14. The molecule has 2 aromatic carbocycles. The summed E-state index contributed by atoms with van der Waals surface area (Å²) in [7, 11) is 5.95. The molecule has 0 atom stereocenters. The average Bonchev–Trinajstić information content (AvgIpc) is 3.70. The van der Waals surface area contributed by atoms with Crippen molar-refractivity contribution in [3.63, 3.8) is 0 Å². The number of methoxy groups -OCH3 is 4. The van der Waals surface area contributed by atoms with E-state index in [1.54, 1.807) is 24.3 Å². The van der Waals surface area contributed by atoms with Crippen molar-refractivity contribution in [3.8, 4) is 23.0 Å². The summed E-state index contributed by atoms with van der Waals surface area (Å²) in [4.78, 5) is 24.2. The van der Waals surface area contributed by atoms with E-state index < -0.39 is 11.9 Å². The van der Waals surface area contributed by atoms with Crippen LogP contribution in [0.4, 0.5) is 0 Å². The first-order chi connectivity index (χ1) is 15.0. The highest BCUT2D eigenvalue weighted by atomic mass is 16.6. The van der Waals surface area contributed by atoms with Crippen LogP contribution in [0.1, 0.15) is 40.0 Å². The molecule has 1 aliphatic rings. The molecule has 0 unspecified atom stereocenters. The summed E-state index contributed by atoms with van der Waals surface area (Å²) in [5.41, 5.74) is 0.590. The zero-order chi connectivity index (χ0) is 22.6. The zero-order valence-corrected chi connectivity index (χ0v) is 18.3. The van der Waals surface area contributed by atoms with Crippen molar-refractivity contribution in [3.05, 3.63) is 47.5 Å². The SMILES string of the molecule is C1CC1.COc1ccc(C(=O)OCCOC(=O)c2ccc(OC)c(OC)c2)cc1OC. The van der Waals surface area contributed by atoms with E-state index in [1.807, 2.05) is 0 Å². The van der Waals surface area contributed by atoms with Crippen molar-refractivity contribution in [2.75, 3.05) is 41.7 Å². The molecule has 1 aliphatic carbocycles. The van der Waals surface area contributed by atoms with Gasteiger partial charge in [-0.3, -0.25) is 0 Å². The Kier molecular flexibility index (Phi) is 9.48. The number of carbonyl (C=O) groups excluding carboxylic acids is 2. The smallest absolute Gasteiger partial charge is 0.338 e. The number of esters is 2. The summed E-state index contributed by atoms with van der Waals surface area (Å²) < 4.78 is 30.8. The lowest BCUT2D eigenvalue weighted by molar-refractivity contribution is 0.0265. The molecule has 0 aliphatic heterocycles. The highest BCUT2D eigenvalue weighted by Gasteiger charge is 2.14. The molecular weight excluding hydrogens is 404 g/mol. The fraction of sp³-hybridized carbons (Fsp3) is 0.391. The number of hydrogen-bond donors (Lipinski definition) is 0. The highest BCUT2D eigenvalue weighted by Crippen LogP contribution is 2.28. The molecule has 168 valence electrons. The number of rotatable bonds is 9. The van der Waals surface area contributed by atoms with Crippen LogP contribution in [-0.2, 0) is 9.47 Å². The summed E-state index contributed by atoms with van der Waals surface area (Å²) in [6.07, 6.45) is 4.50. The van der Waals surface area contributed by atoms with E-state index >= 15 is 0 Å². The molecule has 0 amide bonds. The van der Waals surface area contributed by atoms with Gasteiger partial charge in [0, 0.05) is 0 Å². The van der Waals surface area contributed by atoms with Crippen molar-refractivity contribution < 1.29 is 38.0 Å². The Morgan fingerprint density at radius 3 is 1.26 bits per heavy atom. The Hall–Kier alpha value is -3.42. The largest absolute Gasteiger partial charge is 0.493 e. The number of ether oxygens (including phenoxy) is 6. The molecule has 0 bridgehead atoms. The van der Waals surface area contributed by atoms with E-state index in [-0.39, 0.29) is 13.2 Å². The quantitative estimate of drug-likeness (QED) is 0.435. The van der Waals surface area contributed by atoms with Crippen molar-refractivity contribution in [2.24, 2.45) is 0 Å². The van der Waals surface area contributed by atoms with Gasteiger partial charge < -0.3 is 28.4 Å². The van der Waals surface area contributed by atoms with Crippen LogP contribution in [-0.4, -0.2) is 53.6 Å². The first kappa shape index (κ1) is 23.9. The van der Waals surface area contributed by atoms with Gasteiger partial charge in [-0.2, -0.15) is 0 Å². The molecule has 0 spiro atoms. The molecule has 8 heteroatoms. The van der Waals surface area contributed by atoms with Crippen LogP contribution in [0.2, 0.25) is 0 Å². The fourth-order valence-electron chi connectivity index (χ4n) is 2.36. The summed E-state index contributed by atoms with van der Waals surface area (Å²) in [5.74, 6) is 0.700. The molecule has 2 aromatic rings. The predicted molar refractivity (Wildman–Crippen MR) is 114 cm³/mol. The lowest BCUT2D eigenvalue weighted by Gasteiger charge is -2.11. The standard InChI is InChI=1S/C20H22O8.C3H6/c1-23-15-7-5-13(11-17(15)25-3)19(21)27-9-10-28-20(22)14-6-8-16(24-2)18(12-14)26-4;1-2-3-1/h5-8,11-12H,9-10H2,1-4H3;1-3H2. The summed E-state index contributed by atoms with van der Waals surface area (Å²) in [6.45, 7) is -0.182. The van der Waals surface area contributed by atoms with Crippen molar-refractivity contribution in [1.29, 1.82) is 0 Å². The van der Waals surface area contributed by atoms with Crippen LogP contribution in [0, 0.1) is 0 Å². The average molecular weight is 432 g/mol. The minimum atomic E-state index is -0.567. The van der Waals surface area contributed by atoms with Crippen LogP contribution in [0.3, 0.4) is 0 Å². The lowest BCUT2D eigenvalue weighted by atomic mass is 10.2. The topological polar surface area (TPSA) is 89.5 Å². The molecule has 1 fully saturated rings. The first-order valence-corrected chi connectivity index (χ1v) is 9.82. The third kappa shape index (κ3) is 7.40. The van der Waals surface area contributed by atoms with Gasteiger partial charge in [0.05, 0.1) is 39.6 Å². The van der Waals surface area contributed by atoms with Crippen molar-refractivity contribution >= 4 is 11.9 Å². The van der Waals surface area contributed by atoms with E-state index in [0.717, 1.165) is 0 Å². The minimum Gasteiger partial charge on any atom is -0.493 e. The number of benzene rings is 2. The molecular formula is C23H28O8. The molecule has 0 radical (unpaired) electrons. The van der Waals surface area contributed by atoms with E-state index in [4.69, 9.17) is 28.4 Å². The van der Waals surface area contributed by atoms with Crippen LogP contribution < -0.4 is 18.9 Å². The Morgan fingerprint density at radius 2 is 0.968 bits per heavy atom. The van der Waals surface area contributed by atoms with Gasteiger partial charge in [0.1, 0.15) is 13.2 Å². The molecule has 0 N–H and O–H groups in total. The monoisotopic (exact) mass is 432 g/mol. The van der Waals surface area contributed by atoms with E-state index in [9.17, 15) is 9.59 Å². The third-order valence-electron chi connectivity index (χ3n) is 4.14. The minimum absolute atomic E-state index is 0.0911. The normalized spacial score (nSPS) is 11.4. The fourth-order valence-corrected chi connectivity index (χ4v) is 2.36. The molecule has 31 heavy (non-hydrogen) atoms. The Morgan fingerprint density at radius 1 is 0.613 bits per heavy atom. The van der Waals surface area contributed by atoms with Gasteiger partial charge in [-0.05, 0) is 36.4 Å². The molecule has 1 saturated carbocycles. The van der Waals surface area contributed by atoms with Crippen LogP contribution in [0.15, 0.2) is 36.4 Å². The second-order valence-electron chi connectivity index (χ2n) is 6.47. The van der Waals surface area contributed by atoms with E-state index in [2.05, 4.69) is 0 Å². The molecule has 0 saturated heterocycles. The summed E-state index contributed by atoms with van der Waals surface area (Å²) in [5, 5.41) is 0. The predicted octanol–water partition coefficient (Wildman–Crippen LogP) is 3.91. The van der Waals surface area contributed by atoms with Crippen molar-refractivity contribution in [2.45, 2.75) is 19.3 Å². The first-order valence-electron chi connectivity index (χ1n) is 9.82. The molecule has 0 heterocycles. The van der Waals surface area contributed by atoms with Gasteiger partial charge in [0.15, 0.2) is 23.0 Å². The summed E-state index contributed by atoms with van der Waals surface area (Å²) >= 11 is 0.